The van der Waals surface area contributed by atoms with Crippen molar-refractivity contribution in [2.45, 2.75) is 12.1 Å². The van der Waals surface area contributed by atoms with Crippen LogP contribution in [0.4, 0.5) is 4.79 Å². The molecule has 2 aliphatic heterocycles. The summed E-state index contributed by atoms with van der Waals surface area (Å²) in [7, 11) is 0. The third kappa shape index (κ3) is 2.40. The molecule has 18 heavy (non-hydrogen) atoms. The van der Waals surface area contributed by atoms with E-state index in [4.69, 9.17) is 5.11 Å². The first-order valence-corrected chi connectivity index (χ1v) is 6.21. The molecule has 9 heteroatoms. The molecule has 2 aliphatic rings. The molecule has 2 fully saturated rings. The molecule has 0 bridgehead atoms. The van der Waals surface area contributed by atoms with Crippen LogP contribution in [-0.2, 0) is 14.4 Å². The Kier molecular flexibility index (Phi) is 3.41. The third-order valence-corrected chi connectivity index (χ3v) is 3.60. The molecule has 2 heterocycles. The van der Waals surface area contributed by atoms with Crippen LogP contribution in [0.15, 0.2) is 0 Å². The van der Waals surface area contributed by atoms with Gasteiger partial charge in [0.2, 0.25) is 11.8 Å². The number of piperazine rings is 1. The van der Waals surface area contributed by atoms with E-state index in [-0.39, 0.29) is 24.1 Å². The molecular formula is C9H11N3O5S. The molecule has 3 N–H and O–H groups in total. The lowest BCUT2D eigenvalue weighted by Gasteiger charge is -2.34. The highest BCUT2D eigenvalue weighted by Crippen LogP contribution is 2.17. The van der Waals surface area contributed by atoms with Gasteiger partial charge in [-0.25, -0.2) is 4.79 Å². The number of hydrogen-bond donors (Lipinski definition) is 3. The van der Waals surface area contributed by atoms with Crippen molar-refractivity contribution < 1.29 is 24.3 Å². The Balaban J connectivity index is 2.12. The summed E-state index contributed by atoms with van der Waals surface area (Å²) in [6, 6.07) is -1.84. The van der Waals surface area contributed by atoms with Crippen molar-refractivity contribution in [3.63, 3.8) is 0 Å². The molecule has 0 aromatic carbocycles. The monoisotopic (exact) mass is 273 g/mol. The highest BCUT2D eigenvalue weighted by molar-refractivity contribution is 8.14. The van der Waals surface area contributed by atoms with Crippen molar-refractivity contribution >= 4 is 34.8 Å². The van der Waals surface area contributed by atoms with Crippen molar-refractivity contribution in [3.8, 4) is 0 Å². The topological polar surface area (TPSA) is 116 Å². The first kappa shape index (κ1) is 12.7. The van der Waals surface area contributed by atoms with Gasteiger partial charge in [-0.3, -0.25) is 14.4 Å². The number of rotatable bonds is 2. The maximum atomic E-state index is 12.1. The lowest BCUT2D eigenvalue weighted by Crippen LogP contribution is -2.62. The van der Waals surface area contributed by atoms with Gasteiger partial charge in [-0.15, -0.1) is 0 Å². The fourth-order valence-electron chi connectivity index (χ4n) is 1.81. The van der Waals surface area contributed by atoms with Gasteiger partial charge < -0.3 is 20.6 Å². The Morgan fingerprint density at radius 3 is 2.67 bits per heavy atom. The number of amides is 3. The van der Waals surface area contributed by atoms with Crippen LogP contribution < -0.4 is 10.6 Å². The second kappa shape index (κ2) is 4.84. The van der Waals surface area contributed by atoms with E-state index in [1.807, 2.05) is 0 Å². The van der Waals surface area contributed by atoms with Crippen molar-refractivity contribution in [1.29, 1.82) is 0 Å². The summed E-state index contributed by atoms with van der Waals surface area (Å²) in [4.78, 5) is 46.3. The summed E-state index contributed by atoms with van der Waals surface area (Å²) in [5, 5.41) is 13.5. The maximum Gasteiger partial charge on any atom is 0.328 e. The van der Waals surface area contributed by atoms with Crippen LogP contribution in [0.3, 0.4) is 0 Å². The van der Waals surface area contributed by atoms with Crippen molar-refractivity contribution in [2.24, 2.45) is 0 Å². The average molecular weight is 273 g/mol. The lowest BCUT2D eigenvalue weighted by molar-refractivity contribution is -0.154. The molecule has 0 spiro atoms. The van der Waals surface area contributed by atoms with Gasteiger partial charge in [-0.1, -0.05) is 11.8 Å². The Bertz CT molecular complexity index is 426. The van der Waals surface area contributed by atoms with E-state index in [1.165, 1.54) is 0 Å². The predicted molar refractivity (Wildman–Crippen MR) is 60.9 cm³/mol. The first-order valence-electron chi connectivity index (χ1n) is 5.22. The molecule has 2 saturated heterocycles. The molecule has 0 radical (unpaired) electrons. The van der Waals surface area contributed by atoms with Gasteiger partial charge in [0.05, 0.1) is 0 Å². The van der Waals surface area contributed by atoms with E-state index in [2.05, 4.69) is 10.6 Å². The Hall–Kier alpha value is -1.77. The van der Waals surface area contributed by atoms with Gasteiger partial charge in [-0.2, -0.15) is 0 Å². The van der Waals surface area contributed by atoms with Gasteiger partial charge in [0, 0.05) is 12.3 Å². The minimum absolute atomic E-state index is 0.117. The number of thioether (sulfide) groups is 1. The normalized spacial score (nSPS) is 27.7. The number of nitrogens with one attached hydrogen (secondary N) is 2. The van der Waals surface area contributed by atoms with E-state index < -0.39 is 29.9 Å². The average Bonchev–Trinajstić information content (AvgIpc) is 2.74. The van der Waals surface area contributed by atoms with Crippen molar-refractivity contribution in [1.82, 2.24) is 15.5 Å². The maximum absolute atomic E-state index is 12.1. The number of carboxylic acid groups (broad SMARTS) is 1. The zero-order valence-corrected chi connectivity index (χ0v) is 10.0. The van der Waals surface area contributed by atoms with Gasteiger partial charge in [0.1, 0.15) is 18.6 Å². The minimum Gasteiger partial charge on any atom is -0.480 e. The Morgan fingerprint density at radius 1 is 1.39 bits per heavy atom. The molecule has 8 nitrogen and oxygen atoms in total. The molecule has 2 atom stereocenters. The van der Waals surface area contributed by atoms with Gasteiger partial charge >= 0.3 is 5.97 Å². The molecule has 0 aromatic rings. The fourth-order valence-corrected chi connectivity index (χ4v) is 2.58. The minimum atomic E-state index is -1.18. The second-order valence-corrected chi connectivity index (χ2v) is 4.91. The number of hydrogen-bond acceptors (Lipinski definition) is 5. The van der Waals surface area contributed by atoms with Gasteiger partial charge in [0.15, 0.2) is 0 Å². The fraction of sp³-hybridized carbons (Fsp3) is 0.556. The number of carbonyl (C=O) groups excluding carboxylic acids is 3. The SMILES string of the molecule is O=C1CN(C(=O)C2CSC(=O)N2)C(C(=O)O)CN1. The van der Waals surface area contributed by atoms with Gasteiger partial charge in [-0.05, 0) is 0 Å². The van der Waals surface area contributed by atoms with Crippen molar-refractivity contribution in [3.05, 3.63) is 0 Å². The van der Waals surface area contributed by atoms with Crippen LogP contribution >= 0.6 is 11.8 Å². The van der Waals surface area contributed by atoms with E-state index in [0.717, 1.165) is 16.7 Å². The highest BCUT2D eigenvalue weighted by Gasteiger charge is 2.40. The molecule has 0 aromatic heterocycles. The molecule has 2 rings (SSSR count). The summed E-state index contributed by atoms with van der Waals surface area (Å²) in [5.41, 5.74) is 0. The molecular weight excluding hydrogens is 262 g/mol. The summed E-state index contributed by atoms with van der Waals surface area (Å²) in [6.07, 6.45) is 0. The van der Waals surface area contributed by atoms with Crippen LogP contribution in [0, 0.1) is 0 Å². The quantitative estimate of drug-likeness (QED) is 0.548. The third-order valence-electron chi connectivity index (χ3n) is 2.72. The largest absolute Gasteiger partial charge is 0.480 e. The molecule has 3 amide bonds. The van der Waals surface area contributed by atoms with Crippen LogP contribution in [0.5, 0.6) is 0 Å². The molecule has 98 valence electrons. The van der Waals surface area contributed by atoms with Crippen molar-refractivity contribution in [2.75, 3.05) is 18.8 Å². The van der Waals surface area contributed by atoms with Gasteiger partial charge in [0.25, 0.3) is 5.24 Å². The number of carbonyl (C=O) groups is 4. The zero-order chi connectivity index (χ0) is 13.3. The lowest BCUT2D eigenvalue weighted by atomic mass is 10.1. The van der Waals surface area contributed by atoms with Crippen LogP contribution in [0.1, 0.15) is 0 Å². The van der Waals surface area contributed by atoms with Crippen LogP contribution in [-0.4, -0.2) is 64.0 Å². The summed E-state index contributed by atoms with van der Waals surface area (Å²) >= 11 is 0.963. The van der Waals surface area contributed by atoms with Crippen LogP contribution in [0.2, 0.25) is 0 Å². The predicted octanol–water partition coefficient (Wildman–Crippen LogP) is -1.78. The molecule has 2 unspecified atom stereocenters. The van der Waals surface area contributed by atoms with E-state index in [1.54, 1.807) is 0 Å². The summed E-state index contributed by atoms with van der Waals surface area (Å²) < 4.78 is 0. The summed E-state index contributed by atoms with van der Waals surface area (Å²) in [5.74, 6) is -1.86. The summed E-state index contributed by atoms with van der Waals surface area (Å²) in [6.45, 7) is -0.416. The first-order chi connectivity index (χ1) is 8.49. The molecule has 0 aliphatic carbocycles. The number of nitrogens with zero attached hydrogens (tertiary/aromatic N) is 1. The number of carboxylic acids is 1. The van der Waals surface area contributed by atoms with Crippen LogP contribution in [0.25, 0.3) is 0 Å². The zero-order valence-electron chi connectivity index (χ0n) is 9.21. The smallest absolute Gasteiger partial charge is 0.328 e. The Morgan fingerprint density at radius 2 is 2.11 bits per heavy atom. The van der Waals surface area contributed by atoms with E-state index >= 15 is 0 Å². The molecule has 0 saturated carbocycles. The second-order valence-electron chi connectivity index (χ2n) is 3.92. The number of aliphatic carboxylic acids is 1. The van der Waals surface area contributed by atoms with E-state index in [0.29, 0.717) is 0 Å². The standard InChI is InChI=1S/C9H11N3O5S/c13-6-2-12(5(1-10-6)8(15)16)7(14)4-3-18-9(17)11-4/h4-5H,1-3H2,(H,10,13)(H,11,17)(H,15,16). The Labute approximate surface area is 106 Å². The highest BCUT2D eigenvalue weighted by atomic mass is 32.2. The van der Waals surface area contributed by atoms with E-state index in [9.17, 15) is 19.2 Å².